The van der Waals surface area contributed by atoms with E-state index in [4.69, 9.17) is 4.52 Å². The van der Waals surface area contributed by atoms with Crippen molar-refractivity contribution in [1.82, 2.24) is 10.1 Å². The second-order valence-electron chi connectivity index (χ2n) is 6.10. The molecule has 6 heteroatoms. The predicted octanol–water partition coefficient (Wildman–Crippen LogP) is 2.92. The highest BCUT2D eigenvalue weighted by Crippen LogP contribution is 2.39. The van der Waals surface area contributed by atoms with Crippen LogP contribution in [-0.4, -0.2) is 22.6 Å². The Morgan fingerprint density at radius 1 is 1.32 bits per heavy atom. The van der Waals surface area contributed by atoms with Crippen molar-refractivity contribution in [3.05, 3.63) is 41.3 Å². The Labute approximate surface area is 127 Å². The van der Waals surface area contributed by atoms with Gasteiger partial charge in [-0.2, -0.15) is 4.98 Å². The van der Waals surface area contributed by atoms with Gasteiger partial charge in [0.25, 0.3) is 0 Å². The average molecular weight is 301 g/mol. The van der Waals surface area contributed by atoms with Gasteiger partial charge in [-0.3, -0.25) is 4.79 Å². The molecule has 22 heavy (non-hydrogen) atoms. The molecule has 1 aromatic heterocycles. The van der Waals surface area contributed by atoms with Gasteiger partial charge < -0.3 is 9.42 Å². The number of nitrogens with zero attached hydrogens (tertiary/aromatic N) is 3. The van der Waals surface area contributed by atoms with Crippen LogP contribution in [0.5, 0.6) is 0 Å². The molecule has 1 aliphatic heterocycles. The van der Waals surface area contributed by atoms with Crippen LogP contribution in [-0.2, 0) is 4.79 Å². The van der Waals surface area contributed by atoms with E-state index in [-0.39, 0.29) is 17.6 Å². The number of anilines is 1. The summed E-state index contributed by atoms with van der Waals surface area (Å²) in [6, 6.07) is 4.85. The molecule has 1 amide bonds. The molecule has 1 saturated carbocycles. The minimum atomic E-state index is -0.303. The number of aromatic nitrogens is 2. The maximum atomic E-state index is 13.7. The fraction of sp³-hybridized carbons (Fsp3) is 0.438. The molecule has 2 heterocycles. The summed E-state index contributed by atoms with van der Waals surface area (Å²) >= 11 is 0. The number of amides is 1. The fourth-order valence-electron chi connectivity index (χ4n) is 2.79. The minimum absolute atomic E-state index is 0.0422. The fourth-order valence-corrected chi connectivity index (χ4v) is 2.79. The van der Waals surface area contributed by atoms with Gasteiger partial charge in [-0.15, -0.1) is 0 Å². The summed E-state index contributed by atoms with van der Waals surface area (Å²) in [5, 5.41) is 4.00. The number of aryl methyl sites for hydroxylation is 1. The number of carbonyl (C=O) groups excluding carboxylic acids is 1. The molecular formula is C16H16FN3O2. The third-order valence-corrected chi connectivity index (χ3v) is 4.34. The molecule has 5 nitrogen and oxygen atoms in total. The highest BCUT2D eigenvalue weighted by Gasteiger charge is 2.37. The molecule has 1 atom stereocenters. The molecule has 0 bridgehead atoms. The van der Waals surface area contributed by atoms with E-state index in [1.807, 2.05) is 0 Å². The first-order chi connectivity index (χ1) is 10.6. The zero-order valence-corrected chi connectivity index (χ0v) is 12.3. The molecule has 2 fully saturated rings. The molecule has 1 aliphatic carbocycles. The van der Waals surface area contributed by atoms with Crippen molar-refractivity contribution in [2.45, 2.75) is 38.0 Å². The van der Waals surface area contributed by atoms with Crippen molar-refractivity contribution >= 4 is 11.6 Å². The lowest BCUT2D eigenvalue weighted by molar-refractivity contribution is -0.117. The van der Waals surface area contributed by atoms with Gasteiger partial charge in [0.05, 0.1) is 5.92 Å². The van der Waals surface area contributed by atoms with Gasteiger partial charge in [0.15, 0.2) is 5.82 Å². The smallest absolute Gasteiger partial charge is 0.232 e. The molecule has 0 unspecified atom stereocenters. The molecule has 0 N–H and O–H groups in total. The summed E-state index contributed by atoms with van der Waals surface area (Å²) in [6.07, 6.45) is 2.54. The lowest BCUT2D eigenvalue weighted by Gasteiger charge is -2.16. The molecule has 0 radical (unpaired) electrons. The van der Waals surface area contributed by atoms with Crippen molar-refractivity contribution in [2.24, 2.45) is 0 Å². The third kappa shape index (κ3) is 2.28. The Kier molecular flexibility index (Phi) is 2.99. The first-order valence-electron chi connectivity index (χ1n) is 7.52. The van der Waals surface area contributed by atoms with Gasteiger partial charge in [0, 0.05) is 24.6 Å². The average Bonchev–Trinajstić information content (AvgIpc) is 3.10. The first kappa shape index (κ1) is 13.4. The summed E-state index contributed by atoms with van der Waals surface area (Å²) in [5.41, 5.74) is 1.15. The summed E-state index contributed by atoms with van der Waals surface area (Å²) in [6.45, 7) is 2.15. The molecule has 0 spiro atoms. The van der Waals surface area contributed by atoms with Crippen LogP contribution >= 0.6 is 0 Å². The lowest BCUT2D eigenvalue weighted by Crippen LogP contribution is -2.24. The maximum absolute atomic E-state index is 13.7. The monoisotopic (exact) mass is 301 g/mol. The van der Waals surface area contributed by atoms with E-state index < -0.39 is 0 Å². The molecule has 4 rings (SSSR count). The van der Waals surface area contributed by atoms with Crippen molar-refractivity contribution in [1.29, 1.82) is 0 Å². The Hall–Kier alpha value is -2.24. The Balaban J connectivity index is 1.55. The quantitative estimate of drug-likeness (QED) is 0.874. The number of halogens is 1. The number of carbonyl (C=O) groups is 1. The molecular weight excluding hydrogens is 285 g/mol. The maximum Gasteiger partial charge on any atom is 0.232 e. The van der Waals surface area contributed by atoms with E-state index in [1.165, 1.54) is 6.07 Å². The summed E-state index contributed by atoms with van der Waals surface area (Å²) < 4.78 is 19.0. The second kappa shape index (κ2) is 4.90. The predicted molar refractivity (Wildman–Crippen MR) is 77.1 cm³/mol. The standard InChI is InChI=1S/C16H16FN3O2/c1-9-2-5-12(7-13(9)17)20-8-11(6-14(20)21)16-18-15(19-22-16)10-3-4-10/h2,5,7,10-11H,3-4,6,8H2,1H3/t11-/m0/s1. The second-order valence-corrected chi connectivity index (χ2v) is 6.10. The van der Waals surface area contributed by atoms with E-state index >= 15 is 0 Å². The van der Waals surface area contributed by atoms with E-state index in [1.54, 1.807) is 24.0 Å². The van der Waals surface area contributed by atoms with Crippen molar-refractivity contribution in [3.63, 3.8) is 0 Å². The number of benzene rings is 1. The van der Waals surface area contributed by atoms with Crippen LogP contribution in [0.4, 0.5) is 10.1 Å². The van der Waals surface area contributed by atoms with Crippen LogP contribution in [0.15, 0.2) is 22.7 Å². The Morgan fingerprint density at radius 3 is 2.86 bits per heavy atom. The van der Waals surface area contributed by atoms with Gasteiger partial charge in [0.2, 0.25) is 11.8 Å². The number of hydrogen-bond acceptors (Lipinski definition) is 4. The van der Waals surface area contributed by atoms with Gasteiger partial charge in [0.1, 0.15) is 5.82 Å². The Bertz CT molecular complexity index is 739. The first-order valence-corrected chi connectivity index (χ1v) is 7.52. The molecule has 114 valence electrons. The summed E-state index contributed by atoms with van der Waals surface area (Å²) in [5.74, 6) is 1.24. The molecule has 1 saturated heterocycles. The van der Waals surface area contributed by atoms with Crippen LogP contribution < -0.4 is 4.90 Å². The van der Waals surface area contributed by atoms with E-state index in [9.17, 15) is 9.18 Å². The zero-order valence-electron chi connectivity index (χ0n) is 12.3. The van der Waals surface area contributed by atoms with Gasteiger partial charge in [-0.1, -0.05) is 11.2 Å². The van der Waals surface area contributed by atoms with Crippen molar-refractivity contribution in [2.75, 3.05) is 11.4 Å². The van der Waals surface area contributed by atoms with Crippen LogP contribution in [0, 0.1) is 12.7 Å². The van der Waals surface area contributed by atoms with Crippen LogP contribution in [0.2, 0.25) is 0 Å². The van der Waals surface area contributed by atoms with Crippen molar-refractivity contribution < 1.29 is 13.7 Å². The van der Waals surface area contributed by atoms with Gasteiger partial charge in [-0.05, 0) is 37.5 Å². The van der Waals surface area contributed by atoms with Crippen LogP contribution in [0.1, 0.15) is 48.4 Å². The van der Waals surface area contributed by atoms with Crippen LogP contribution in [0.25, 0.3) is 0 Å². The zero-order chi connectivity index (χ0) is 15.3. The highest BCUT2D eigenvalue weighted by molar-refractivity contribution is 5.96. The topological polar surface area (TPSA) is 59.2 Å². The highest BCUT2D eigenvalue weighted by atomic mass is 19.1. The Morgan fingerprint density at radius 2 is 2.14 bits per heavy atom. The third-order valence-electron chi connectivity index (χ3n) is 4.34. The van der Waals surface area contributed by atoms with Gasteiger partial charge >= 0.3 is 0 Å². The lowest BCUT2D eigenvalue weighted by atomic mass is 10.1. The molecule has 1 aromatic carbocycles. The SMILES string of the molecule is Cc1ccc(N2C[C@@H](c3nc(C4CC4)no3)CC2=O)cc1F. The van der Waals surface area contributed by atoms with Crippen LogP contribution in [0.3, 0.4) is 0 Å². The number of rotatable bonds is 3. The minimum Gasteiger partial charge on any atom is -0.339 e. The summed E-state index contributed by atoms with van der Waals surface area (Å²) in [4.78, 5) is 18.2. The molecule has 2 aromatic rings. The summed E-state index contributed by atoms with van der Waals surface area (Å²) in [7, 11) is 0. The largest absolute Gasteiger partial charge is 0.339 e. The van der Waals surface area contributed by atoms with Gasteiger partial charge in [-0.25, -0.2) is 4.39 Å². The normalized spacial score (nSPS) is 21.6. The number of hydrogen-bond donors (Lipinski definition) is 0. The van der Waals surface area contributed by atoms with E-state index in [0.29, 0.717) is 36.0 Å². The van der Waals surface area contributed by atoms with Crippen molar-refractivity contribution in [3.8, 4) is 0 Å². The molecule has 2 aliphatic rings. The van der Waals surface area contributed by atoms with E-state index in [2.05, 4.69) is 10.1 Å². The van der Waals surface area contributed by atoms with E-state index in [0.717, 1.165) is 18.7 Å².